The number of carbonyl (C=O) groups excluding carboxylic acids is 3. The van der Waals surface area contributed by atoms with Crippen LogP contribution in [0.15, 0.2) is 24.5 Å². The van der Waals surface area contributed by atoms with Crippen LogP contribution in [0.1, 0.15) is 41.5 Å². The summed E-state index contributed by atoms with van der Waals surface area (Å²) in [6.07, 6.45) is 3.30. The van der Waals surface area contributed by atoms with Gasteiger partial charge in [0.2, 0.25) is 5.88 Å². The number of halogens is 1. The van der Waals surface area contributed by atoms with Gasteiger partial charge in [0.05, 0.1) is 19.8 Å². The lowest BCUT2D eigenvalue weighted by Gasteiger charge is -2.22. The minimum absolute atomic E-state index is 0.0779. The molecule has 0 N–H and O–H groups in total. The van der Waals surface area contributed by atoms with E-state index in [1.165, 1.54) is 23.4 Å². The van der Waals surface area contributed by atoms with Crippen LogP contribution in [0.2, 0.25) is 0 Å². The molecule has 1 aromatic rings. The van der Waals surface area contributed by atoms with Gasteiger partial charge in [0.1, 0.15) is 17.8 Å². The van der Waals surface area contributed by atoms with Crippen molar-refractivity contribution in [2.24, 2.45) is 0 Å². The van der Waals surface area contributed by atoms with Gasteiger partial charge in [0.25, 0.3) is 0 Å². The topological polar surface area (TPSA) is 118 Å². The van der Waals surface area contributed by atoms with Crippen LogP contribution in [0.4, 0.5) is 9.59 Å². The van der Waals surface area contributed by atoms with E-state index in [4.69, 9.17) is 18.9 Å². The summed E-state index contributed by atoms with van der Waals surface area (Å²) in [4.78, 5) is 35.0. The summed E-state index contributed by atoms with van der Waals surface area (Å²) in [5, 5.41) is 4.86. The van der Waals surface area contributed by atoms with Crippen molar-refractivity contribution >= 4 is 33.9 Å². The molecule has 0 saturated heterocycles. The lowest BCUT2D eigenvalue weighted by atomic mass is 10.2. The van der Waals surface area contributed by atoms with Crippen molar-refractivity contribution in [1.82, 2.24) is 14.7 Å². The van der Waals surface area contributed by atoms with E-state index >= 15 is 0 Å². The molecule has 11 nitrogen and oxygen atoms in total. The molecule has 0 bridgehead atoms. The minimum atomic E-state index is -0.542. The van der Waals surface area contributed by atoms with E-state index in [1.807, 2.05) is 0 Å². The number of hydrogen-bond acceptors (Lipinski definition) is 9. The lowest BCUT2D eigenvalue weighted by Crippen LogP contribution is -2.33. The molecule has 0 aliphatic carbocycles. The van der Waals surface area contributed by atoms with Gasteiger partial charge < -0.3 is 23.7 Å². The highest BCUT2D eigenvalue weighted by Crippen LogP contribution is 2.12. The first-order chi connectivity index (χ1) is 16.2. The molecule has 0 aromatic carbocycles. The summed E-state index contributed by atoms with van der Waals surface area (Å²) in [6, 6.07) is 1.60. The van der Waals surface area contributed by atoms with E-state index < -0.39 is 23.4 Å². The molecule has 35 heavy (non-hydrogen) atoms. The molecule has 2 rings (SSSR count). The Balaban J connectivity index is 0.000000567. The number of ketones is 1. The first-order valence-electron chi connectivity index (χ1n) is 10.9. The number of amides is 1. The van der Waals surface area contributed by atoms with Crippen LogP contribution in [0.3, 0.4) is 0 Å². The van der Waals surface area contributed by atoms with E-state index in [0.717, 1.165) is 16.6 Å². The largest absolute Gasteiger partial charge is 0.474 e. The highest BCUT2D eigenvalue weighted by atomic mass is 79.9. The highest BCUT2D eigenvalue weighted by molar-refractivity contribution is 9.09. The SMILES string of the molecule is CC(C)(C)OC(=O)N1C=CC(=O)C1.COCCBr.COCCOc1ccn(C(=O)OC(C)(C)C)n1. The summed E-state index contributed by atoms with van der Waals surface area (Å²) < 4.78 is 26.0. The Morgan fingerprint density at radius 2 is 1.54 bits per heavy atom. The first-order valence-corrected chi connectivity index (χ1v) is 12.0. The van der Waals surface area contributed by atoms with Gasteiger partial charge in [-0.3, -0.25) is 9.69 Å². The van der Waals surface area contributed by atoms with Crippen molar-refractivity contribution in [2.45, 2.75) is 52.7 Å². The number of nitrogens with zero attached hydrogens (tertiary/aromatic N) is 3. The molecule has 0 fully saturated rings. The standard InChI is InChI=1S/C11H18N2O4.C9H13NO3.C3H7BrO/c1-11(2,3)17-10(14)13-6-5-9(12-13)16-8-7-15-4;1-9(2,3)13-8(12)10-5-4-7(11)6-10;1-5-3-2-4/h5-6H,7-8H2,1-4H3;4-5H,6H2,1-3H3;2-3H2,1H3. The predicted molar refractivity (Wildman–Crippen MR) is 134 cm³/mol. The second-order valence-corrected chi connectivity index (χ2v) is 9.79. The molecule has 2 heterocycles. The van der Waals surface area contributed by atoms with E-state index in [0.29, 0.717) is 19.1 Å². The molecular formula is C23H38BrN3O8. The van der Waals surface area contributed by atoms with Crippen LogP contribution in [0, 0.1) is 0 Å². The predicted octanol–water partition coefficient (Wildman–Crippen LogP) is 4.04. The Morgan fingerprint density at radius 1 is 0.971 bits per heavy atom. The summed E-state index contributed by atoms with van der Waals surface area (Å²) >= 11 is 3.18. The van der Waals surface area contributed by atoms with Crippen LogP contribution in [0.5, 0.6) is 5.88 Å². The Labute approximate surface area is 215 Å². The second-order valence-electron chi connectivity index (χ2n) is 8.99. The lowest BCUT2D eigenvalue weighted by molar-refractivity contribution is -0.114. The molecule has 1 amide bonds. The van der Waals surface area contributed by atoms with E-state index in [9.17, 15) is 14.4 Å². The fourth-order valence-corrected chi connectivity index (χ4v) is 2.32. The minimum Gasteiger partial charge on any atom is -0.474 e. The Hall–Kier alpha value is -2.44. The fourth-order valence-electron chi connectivity index (χ4n) is 1.99. The van der Waals surface area contributed by atoms with Crippen LogP contribution >= 0.6 is 15.9 Å². The van der Waals surface area contributed by atoms with Crippen LogP contribution < -0.4 is 4.74 Å². The summed E-state index contributed by atoms with van der Waals surface area (Å²) in [6.45, 7) is 12.5. The average molecular weight is 564 g/mol. The van der Waals surface area contributed by atoms with Gasteiger partial charge in [-0.25, -0.2) is 9.59 Å². The number of rotatable bonds is 6. The van der Waals surface area contributed by atoms with Crippen molar-refractivity contribution in [3.05, 3.63) is 24.5 Å². The van der Waals surface area contributed by atoms with Crippen molar-refractivity contribution in [2.75, 3.05) is 45.9 Å². The number of aromatic nitrogens is 2. The van der Waals surface area contributed by atoms with Gasteiger partial charge in [-0.05, 0) is 47.6 Å². The third kappa shape index (κ3) is 16.8. The molecule has 0 spiro atoms. The van der Waals surface area contributed by atoms with Crippen molar-refractivity contribution in [3.8, 4) is 5.88 Å². The molecule has 1 aliphatic heterocycles. The van der Waals surface area contributed by atoms with E-state index in [2.05, 4.69) is 25.8 Å². The molecule has 0 unspecified atom stereocenters. The zero-order valence-corrected chi connectivity index (χ0v) is 23.4. The molecular weight excluding hydrogens is 526 g/mol. The first kappa shape index (κ1) is 32.6. The Kier molecular flexibility index (Phi) is 15.1. The third-order valence-corrected chi connectivity index (χ3v) is 3.68. The zero-order chi connectivity index (χ0) is 27.1. The summed E-state index contributed by atoms with van der Waals surface area (Å²) in [7, 11) is 3.27. The number of carbonyl (C=O) groups is 3. The van der Waals surface area contributed by atoms with Gasteiger partial charge in [-0.15, -0.1) is 5.10 Å². The van der Waals surface area contributed by atoms with Gasteiger partial charge in [-0.1, -0.05) is 15.9 Å². The molecule has 0 radical (unpaired) electrons. The maximum Gasteiger partial charge on any atom is 0.435 e. The molecule has 12 heteroatoms. The van der Waals surface area contributed by atoms with Crippen molar-refractivity contribution in [3.63, 3.8) is 0 Å². The Bertz CT molecular complexity index is 810. The normalized spacial score (nSPS) is 12.8. The maximum absolute atomic E-state index is 11.6. The summed E-state index contributed by atoms with van der Waals surface area (Å²) in [5.74, 6) is 0.291. The number of alkyl halides is 1. The molecule has 1 aromatic heterocycles. The monoisotopic (exact) mass is 563 g/mol. The van der Waals surface area contributed by atoms with E-state index in [-0.39, 0.29) is 12.3 Å². The molecule has 1 aliphatic rings. The fraction of sp³-hybridized carbons (Fsp3) is 0.652. The van der Waals surface area contributed by atoms with Gasteiger partial charge in [-0.2, -0.15) is 4.68 Å². The quantitative estimate of drug-likeness (QED) is 0.373. The second kappa shape index (κ2) is 16.3. The number of ether oxygens (including phenoxy) is 5. The van der Waals surface area contributed by atoms with Gasteiger partial charge in [0.15, 0.2) is 5.78 Å². The highest BCUT2D eigenvalue weighted by Gasteiger charge is 2.24. The summed E-state index contributed by atoms with van der Waals surface area (Å²) in [5.41, 5.74) is -1.06. The van der Waals surface area contributed by atoms with Crippen molar-refractivity contribution < 1.29 is 38.1 Å². The zero-order valence-electron chi connectivity index (χ0n) is 21.8. The van der Waals surface area contributed by atoms with Gasteiger partial charge >= 0.3 is 12.2 Å². The number of methoxy groups -OCH3 is 2. The van der Waals surface area contributed by atoms with E-state index in [1.54, 1.807) is 61.8 Å². The van der Waals surface area contributed by atoms with Crippen LogP contribution in [-0.4, -0.2) is 89.8 Å². The molecule has 0 atom stereocenters. The van der Waals surface area contributed by atoms with Crippen LogP contribution in [-0.2, 0) is 23.7 Å². The average Bonchev–Trinajstić information content (AvgIpc) is 3.37. The smallest absolute Gasteiger partial charge is 0.435 e. The molecule has 0 saturated carbocycles. The maximum atomic E-state index is 11.6. The third-order valence-electron chi connectivity index (χ3n) is 3.36. The van der Waals surface area contributed by atoms with Crippen LogP contribution in [0.25, 0.3) is 0 Å². The van der Waals surface area contributed by atoms with Crippen molar-refractivity contribution in [1.29, 1.82) is 0 Å². The molecule has 200 valence electrons. The van der Waals surface area contributed by atoms with Gasteiger partial charge in [0, 0.05) is 38.0 Å². The Morgan fingerprint density at radius 3 is 1.97 bits per heavy atom. The number of hydrogen-bond donors (Lipinski definition) is 0.